The minimum atomic E-state index is -0.210. The summed E-state index contributed by atoms with van der Waals surface area (Å²) in [5, 5.41) is 5.07. The van der Waals surface area contributed by atoms with Crippen LogP contribution < -0.4 is 0 Å². The number of aromatic amines is 1. The first-order chi connectivity index (χ1) is 27.6. The Hall–Kier alpha value is -6.91. The minimum Gasteiger partial charge on any atom is -0.361 e. The van der Waals surface area contributed by atoms with Crippen LogP contribution in [0.25, 0.3) is 55.1 Å². The Balaban J connectivity index is 1.00. The molecule has 0 fully saturated rings. The maximum Gasteiger partial charge on any atom is 0.123 e. The molecule has 0 saturated heterocycles. The molecule has 1 N–H and O–H groups in total. The molecular formula is C52H36FN3. The number of aromatic nitrogens is 1. The molecule has 4 aliphatic rings. The fourth-order valence-electron chi connectivity index (χ4n) is 8.99. The normalized spacial score (nSPS) is 18.3. The maximum atomic E-state index is 13.7. The lowest BCUT2D eigenvalue weighted by Crippen LogP contribution is -2.27. The second-order valence-electron chi connectivity index (χ2n) is 15.0. The number of halogens is 1. The van der Waals surface area contributed by atoms with Gasteiger partial charge in [0, 0.05) is 35.1 Å². The summed E-state index contributed by atoms with van der Waals surface area (Å²) in [4.78, 5) is 13.5. The van der Waals surface area contributed by atoms with Crippen molar-refractivity contribution in [2.24, 2.45) is 9.98 Å². The molecule has 6 aromatic carbocycles. The zero-order chi connectivity index (χ0) is 37.2. The average molecular weight is 722 g/mol. The molecule has 0 radical (unpaired) electrons. The average Bonchev–Trinajstić information content (AvgIpc) is 3.79. The molecule has 2 aliphatic carbocycles. The summed E-state index contributed by atoms with van der Waals surface area (Å²) in [6.07, 6.45) is 19.1. The van der Waals surface area contributed by atoms with Gasteiger partial charge in [0.1, 0.15) is 5.82 Å². The molecule has 266 valence electrons. The monoisotopic (exact) mass is 721 g/mol. The lowest BCUT2D eigenvalue weighted by Gasteiger charge is -2.34. The quantitative estimate of drug-likeness (QED) is 0.166. The summed E-state index contributed by atoms with van der Waals surface area (Å²) >= 11 is 0. The topological polar surface area (TPSA) is 40.5 Å². The van der Waals surface area contributed by atoms with Gasteiger partial charge in [0.2, 0.25) is 0 Å². The molecule has 3 nitrogen and oxygen atoms in total. The van der Waals surface area contributed by atoms with Gasteiger partial charge in [-0.2, -0.15) is 0 Å². The highest BCUT2D eigenvalue weighted by Gasteiger charge is 2.35. The largest absolute Gasteiger partial charge is 0.361 e. The van der Waals surface area contributed by atoms with Gasteiger partial charge in [-0.25, -0.2) is 4.39 Å². The first kappa shape index (κ1) is 32.5. The van der Waals surface area contributed by atoms with E-state index in [1.807, 2.05) is 30.6 Å². The standard InChI is InChI=1S/C52H36FN3/c53-41-22-19-33(20-23-41)32-15-17-36(18-16-32)52-51-45-9-4-2-7-43(45)42-6-1-3-8-44(42)50(51)46-24-21-37(31-49(46)56-52)34-11-13-35(14-12-34)38-28-39(47-10-5-26-54-47)30-40(29-38)48-25-27-55-48/h1-15,17,19-31,46,49,54H,16,18H2. The number of allylic oxidation sites excluding steroid dienone is 7. The second kappa shape index (κ2) is 13.1. The van der Waals surface area contributed by atoms with Crippen molar-refractivity contribution in [2.75, 3.05) is 0 Å². The number of rotatable bonds is 6. The number of benzene rings is 6. The Kier molecular flexibility index (Phi) is 7.63. The first-order valence-electron chi connectivity index (χ1n) is 19.4. The molecule has 4 heteroatoms. The van der Waals surface area contributed by atoms with Gasteiger partial charge < -0.3 is 4.98 Å². The highest BCUT2D eigenvalue weighted by molar-refractivity contribution is 6.27. The van der Waals surface area contributed by atoms with E-state index < -0.39 is 0 Å². The van der Waals surface area contributed by atoms with Crippen LogP contribution in [0, 0.1) is 5.82 Å². The highest BCUT2D eigenvalue weighted by atomic mass is 19.1. The van der Waals surface area contributed by atoms with Crippen molar-refractivity contribution in [3.63, 3.8) is 0 Å². The summed E-state index contributed by atoms with van der Waals surface area (Å²) in [7, 11) is 0. The Morgan fingerprint density at radius 3 is 1.96 bits per heavy atom. The number of aliphatic imine (C=N–C) groups is 2. The van der Waals surface area contributed by atoms with E-state index in [0.717, 1.165) is 57.8 Å². The summed E-state index contributed by atoms with van der Waals surface area (Å²) in [5.41, 5.74) is 16.2. The van der Waals surface area contributed by atoms with E-state index in [9.17, 15) is 4.39 Å². The number of hydrogen-bond acceptors (Lipinski definition) is 2. The fraction of sp³-hybridized carbons (Fsp3) is 0.0769. The van der Waals surface area contributed by atoms with Crippen LogP contribution in [-0.4, -0.2) is 22.4 Å². The number of hydrogen-bond donors (Lipinski definition) is 1. The minimum absolute atomic E-state index is 0.0542. The summed E-state index contributed by atoms with van der Waals surface area (Å²) < 4.78 is 13.7. The van der Waals surface area contributed by atoms with E-state index in [1.54, 1.807) is 12.1 Å². The van der Waals surface area contributed by atoms with Crippen molar-refractivity contribution in [3.8, 4) is 22.4 Å². The van der Waals surface area contributed by atoms with E-state index in [-0.39, 0.29) is 17.8 Å². The van der Waals surface area contributed by atoms with Crippen LogP contribution in [0.4, 0.5) is 4.39 Å². The van der Waals surface area contributed by atoms with Crippen molar-refractivity contribution in [1.82, 2.24) is 4.98 Å². The van der Waals surface area contributed by atoms with Crippen molar-refractivity contribution >= 4 is 44.1 Å². The Labute approximate surface area is 325 Å². The van der Waals surface area contributed by atoms with Gasteiger partial charge in [-0.3, -0.25) is 9.98 Å². The van der Waals surface area contributed by atoms with Gasteiger partial charge >= 0.3 is 0 Å². The Morgan fingerprint density at radius 1 is 0.589 bits per heavy atom. The molecule has 0 bridgehead atoms. The van der Waals surface area contributed by atoms with Crippen molar-refractivity contribution in [1.29, 1.82) is 0 Å². The third-order valence-corrected chi connectivity index (χ3v) is 11.8. The SMILES string of the molecule is Fc1ccc(C2=CC=C(C3=NC4C=C(c5ccc(-c6cc(C7=NC=C7)cc(-c7ccc[nH]7)c6)cc5)C=CC4c4c3c3ccccc3c3ccccc43)CC2)cc1. The van der Waals surface area contributed by atoms with Gasteiger partial charge in [0.15, 0.2) is 0 Å². The molecule has 0 amide bonds. The van der Waals surface area contributed by atoms with Crippen LogP contribution in [0.1, 0.15) is 46.6 Å². The number of nitrogens with zero attached hydrogens (tertiary/aromatic N) is 2. The van der Waals surface area contributed by atoms with Crippen LogP contribution in [0.5, 0.6) is 0 Å². The number of nitrogens with one attached hydrogen (secondary N) is 1. The zero-order valence-corrected chi connectivity index (χ0v) is 30.6. The predicted octanol–water partition coefficient (Wildman–Crippen LogP) is 12.8. The zero-order valence-electron chi connectivity index (χ0n) is 30.6. The second-order valence-corrected chi connectivity index (χ2v) is 15.0. The first-order valence-corrected chi connectivity index (χ1v) is 19.4. The number of H-pyrrole nitrogens is 1. The summed E-state index contributed by atoms with van der Waals surface area (Å²) in [6.45, 7) is 0. The predicted molar refractivity (Wildman–Crippen MR) is 231 cm³/mol. The highest BCUT2D eigenvalue weighted by Crippen LogP contribution is 2.47. The number of fused-ring (bicyclic) bond motifs is 8. The van der Waals surface area contributed by atoms with E-state index in [2.05, 4.69) is 143 Å². The fourth-order valence-corrected chi connectivity index (χ4v) is 8.99. The van der Waals surface area contributed by atoms with Crippen molar-refractivity contribution in [2.45, 2.75) is 24.8 Å². The van der Waals surface area contributed by atoms with Gasteiger partial charge in [-0.1, -0.05) is 115 Å². The third kappa shape index (κ3) is 5.48. The molecule has 1 aromatic heterocycles. The smallest absolute Gasteiger partial charge is 0.123 e. The van der Waals surface area contributed by atoms with E-state index in [0.29, 0.717) is 0 Å². The summed E-state index contributed by atoms with van der Waals surface area (Å²) in [6, 6.07) is 44.2. The Morgan fingerprint density at radius 2 is 1.25 bits per heavy atom. The van der Waals surface area contributed by atoms with Crippen LogP contribution in [0.3, 0.4) is 0 Å². The van der Waals surface area contributed by atoms with E-state index in [1.165, 1.54) is 55.0 Å². The molecule has 0 saturated carbocycles. The van der Waals surface area contributed by atoms with Crippen LogP contribution >= 0.6 is 0 Å². The summed E-state index contributed by atoms with van der Waals surface area (Å²) in [5.74, 6) is -0.101. The molecule has 56 heavy (non-hydrogen) atoms. The lowest BCUT2D eigenvalue weighted by atomic mass is 9.74. The van der Waals surface area contributed by atoms with Crippen LogP contribution in [-0.2, 0) is 0 Å². The molecule has 2 aliphatic heterocycles. The molecule has 11 rings (SSSR count). The van der Waals surface area contributed by atoms with Gasteiger partial charge in [0.05, 0.1) is 17.5 Å². The van der Waals surface area contributed by atoms with Crippen LogP contribution in [0.15, 0.2) is 192 Å². The van der Waals surface area contributed by atoms with Crippen LogP contribution in [0.2, 0.25) is 0 Å². The van der Waals surface area contributed by atoms with Gasteiger partial charge in [-0.15, -0.1) is 0 Å². The molecular weight excluding hydrogens is 686 g/mol. The van der Waals surface area contributed by atoms with E-state index >= 15 is 0 Å². The molecule has 7 aromatic rings. The van der Waals surface area contributed by atoms with Crippen molar-refractivity contribution in [3.05, 3.63) is 215 Å². The van der Waals surface area contributed by atoms with Gasteiger partial charge in [-0.05, 0) is 133 Å². The lowest BCUT2D eigenvalue weighted by molar-refractivity contribution is 0.627. The van der Waals surface area contributed by atoms with E-state index in [4.69, 9.17) is 4.99 Å². The Bertz CT molecular complexity index is 2950. The molecule has 0 spiro atoms. The molecule has 2 atom stereocenters. The van der Waals surface area contributed by atoms with Gasteiger partial charge in [0.25, 0.3) is 0 Å². The maximum absolute atomic E-state index is 13.7. The third-order valence-electron chi connectivity index (χ3n) is 11.8. The van der Waals surface area contributed by atoms with Crippen molar-refractivity contribution < 1.29 is 4.39 Å². The molecule has 2 unspecified atom stereocenters. The molecule has 3 heterocycles.